The third kappa shape index (κ3) is 5.88. The second kappa shape index (κ2) is 9.04. The van der Waals surface area contributed by atoms with Crippen LogP contribution in [0.25, 0.3) is 0 Å². The number of nitro benzene ring substituents is 1. The molecule has 0 fully saturated rings. The zero-order chi connectivity index (χ0) is 15.7. The smallest absolute Gasteiger partial charge is 0.270 e. The van der Waals surface area contributed by atoms with Gasteiger partial charge >= 0.3 is 0 Å². The number of Topliss-reactive ketones (excluding diaryl/α,β-unsaturated/α-hetero) is 1. The fraction of sp³-hybridized carbons (Fsp3) is 0.500. The van der Waals surface area contributed by atoms with Crippen LogP contribution in [0.1, 0.15) is 23.7 Å². The monoisotopic (exact) mass is 297 g/mol. The van der Waals surface area contributed by atoms with Crippen molar-refractivity contribution in [2.45, 2.75) is 13.3 Å². The Bertz CT molecular complexity index is 488. The van der Waals surface area contributed by atoms with Crippen LogP contribution in [-0.4, -0.2) is 44.2 Å². The predicted octanol–water partition coefficient (Wildman–Crippen LogP) is 2.23. The van der Waals surface area contributed by atoms with Crippen LogP contribution in [0.5, 0.6) is 5.75 Å². The van der Waals surface area contributed by atoms with Crippen LogP contribution < -0.4 is 4.74 Å². The van der Waals surface area contributed by atoms with Gasteiger partial charge in [0.1, 0.15) is 5.75 Å². The van der Waals surface area contributed by atoms with Crippen molar-refractivity contribution in [3.05, 3.63) is 33.9 Å². The maximum atomic E-state index is 11.5. The summed E-state index contributed by atoms with van der Waals surface area (Å²) in [5.74, 6) is 0.0787. The van der Waals surface area contributed by atoms with E-state index < -0.39 is 4.92 Å². The molecule has 0 aliphatic rings. The Morgan fingerprint density at radius 3 is 2.62 bits per heavy atom. The van der Waals surface area contributed by atoms with Crippen molar-refractivity contribution in [1.82, 2.24) is 0 Å². The molecule has 0 N–H and O–H groups in total. The molecule has 1 aromatic carbocycles. The van der Waals surface area contributed by atoms with Crippen LogP contribution in [0, 0.1) is 10.1 Å². The number of carbonyl (C=O) groups excluding carboxylic acids is 1. The van der Waals surface area contributed by atoms with Gasteiger partial charge in [0.2, 0.25) is 0 Å². The molecule has 7 nitrogen and oxygen atoms in total. The van der Waals surface area contributed by atoms with E-state index in [9.17, 15) is 14.9 Å². The van der Waals surface area contributed by atoms with Crippen molar-refractivity contribution in [3.63, 3.8) is 0 Å². The fourth-order valence-corrected chi connectivity index (χ4v) is 1.62. The lowest BCUT2D eigenvalue weighted by Gasteiger charge is -2.10. The minimum Gasteiger partial charge on any atom is -0.493 e. The van der Waals surface area contributed by atoms with Gasteiger partial charge in [0.25, 0.3) is 5.69 Å². The molecule has 0 atom stereocenters. The van der Waals surface area contributed by atoms with Gasteiger partial charge in [-0.15, -0.1) is 0 Å². The first-order valence-corrected chi connectivity index (χ1v) is 6.55. The van der Waals surface area contributed by atoms with E-state index in [1.165, 1.54) is 25.1 Å². The molecule has 0 saturated carbocycles. The summed E-state index contributed by atoms with van der Waals surface area (Å²) >= 11 is 0. The summed E-state index contributed by atoms with van der Waals surface area (Å²) in [6.45, 7) is 3.29. The van der Waals surface area contributed by atoms with Gasteiger partial charge in [0, 0.05) is 32.3 Å². The van der Waals surface area contributed by atoms with Gasteiger partial charge < -0.3 is 14.2 Å². The van der Waals surface area contributed by atoms with Crippen LogP contribution >= 0.6 is 0 Å². The highest BCUT2D eigenvalue weighted by atomic mass is 16.6. The number of nitrogens with zero attached hydrogens (tertiary/aromatic N) is 1. The zero-order valence-electron chi connectivity index (χ0n) is 12.2. The van der Waals surface area contributed by atoms with E-state index in [1.54, 1.807) is 7.11 Å². The van der Waals surface area contributed by atoms with Gasteiger partial charge in [-0.25, -0.2) is 0 Å². The van der Waals surface area contributed by atoms with Gasteiger partial charge in [0.05, 0.1) is 30.3 Å². The Balaban J connectivity index is 2.51. The molecule has 0 radical (unpaired) electrons. The molecule has 0 spiro atoms. The molecular weight excluding hydrogens is 278 g/mol. The molecule has 0 aliphatic heterocycles. The Morgan fingerprint density at radius 1 is 1.24 bits per heavy atom. The number of non-ortho nitro benzene ring substituents is 1. The molecule has 21 heavy (non-hydrogen) atoms. The molecule has 0 bridgehead atoms. The summed E-state index contributed by atoms with van der Waals surface area (Å²) < 4.78 is 15.6. The molecule has 0 aromatic heterocycles. The Kier molecular flexibility index (Phi) is 7.34. The second-order valence-electron chi connectivity index (χ2n) is 4.30. The predicted molar refractivity (Wildman–Crippen MR) is 75.9 cm³/mol. The SMILES string of the molecule is COCCOCCCOc1ccc([N+](=O)[O-])cc1C(C)=O. The average molecular weight is 297 g/mol. The summed E-state index contributed by atoms with van der Waals surface area (Å²) in [4.78, 5) is 21.7. The van der Waals surface area contributed by atoms with E-state index in [2.05, 4.69) is 0 Å². The summed E-state index contributed by atoms with van der Waals surface area (Å²) in [5.41, 5.74) is 0.0833. The standard InChI is InChI=1S/C14H19NO6/c1-11(16)13-10-12(15(17)18)4-5-14(13)21-7-3-6-20-9-8-19-2/h4-5,10H,3,6-9H2,1-2H3. The van der Waals surface area contributed by atoms with Crippen molar-refractivity contribution in [3.8, 4) is 5.75 Å². The number of methoxy groups -OCH3 is 1. The van der Waals surface area contributed by atoms with Crippen LogP contribution in [-0.2, 0) is 9.47 Å². The lowest BCUT2D eigenvalue weighted by molar-refractivity contribution is -0.384. The fourth-order valence-electron chi connectivity index (χ4n) is 1.62. The first-order chi connectivity index (χ1) is 10.1. The maximum Gasteiger partial charge on any atom is 0.270 e. The number of ketones is 1. The Labute approximate surface area is 123 Å². The topological polar surface area (TPSA) is 87.9 Å². The summed E-state index contributed by atoms with van der Waals surface area (Å²) in [6, 6.07) is 3.99. The molecule has 1 aromatic rings. The van der Waals surface area contributed by atoms with E-state index in [4.69, 9.17) is 14.2 Å². The average Bonchev–Trinajstić information content (AvgIpc) is 2.46. The maximum absolute atomic E-state index is 11.5. The highest BCUT2D eigenvalue weighted by Crippen LogP contribution is 2.24. The molecule has 0 aliphatic carbocycles. The molecule has 0 amide bonds. The molecule has 0 heterocycles. The number of ether oxygens (including phenoxy) is 3. The molecule has 7 heteroatoms. The van der Waals surface area contributed by atoms with E-state index in [0.717, 1.165) is 0 Å². The van der Waals surface area contributed by atoms with E-state index in [1.807, 2.05) is 0 Å². The minimum atomic E-state index is -0.542. The summed E-state index contributed by atoms with van der Waals surface area (Å²) in [7, 11) is 1.60. The highest BCUT2D eigenvalue weighted by molar-refractivity contribution is 5.97. The number of nitro groups is 1. The number of carbonyl (C=O) groups is 1. The van der Waals surface area contributed by atoms with Crippen molar-refractivity contribution in [1.29, 1.82) is 0 Å². The van der Waals surface area contributed by atoms with Crippen molar-refractivity contribution < 1.29 is 23.9 Å². The summed E-state index contributed by atoms with van der Waals surface area (Å²) in [6.07, 6.45) is 0.651. The van der Waals surface area contributed by atoms with E-state index in [-0.39, 0.29) is 17.0 Å². The highest BCUT2D eigenvalue weighted by Gasteiger charge is 2.14. The van der Waals surface area contributed by atoms with Crippen LogP contribution in [0.2, 0.25) is 0 Å². The quantitative estimate of drug-likeness (QED) is 0.285. The van der Waals surface area contributed by atoms with Gasteiger partial charge in [-0.1, -0.05) is 0 Å². The normalized spacial score (nSPS) is 10.4. The first kappa shape index (κ1) is 17.1. The first-order valence-electron chi connectivity index (χ1n) is 6.55. The third-order valence-corrected chi connectivity index (χ3v) is 2.68. The molecule has 0 unspecified atom stereocenters. The number of benzene rings is 1. The molecular formula is C14H19NO6. The van der Waals surface area contributed by atoms with Crippen molar-refractivity contribution in [2.75, 3.05) is 33.5 Å². The number of hydrogen-bond acceptors (Lipinski definition) is 6. The Morgan fingerprint density at radius 2 is 2.00 bits per heavy atom. The second-order valence-corrected chi connectivity index (χ2v) is 4.30. The van der Waals surface area contributed by atoms with Gasteiger partial charge in [-0.05, 0) is 13.0 Å². The van der Waals surface area contributed by atoms with Crippen LogP contribution in [0.3, 0.4) is 0 Å². The molecule has 116 valence electrons. The van der Waals surface area contributed by atoms with E-state index in [0.29, 0.717) is 38.6 Å². The largest absolute Gasteiger partial charge is 0.493 e. The lowest BCUT2D eigenvalue weighted by Crippen LogP contribution is -2.08. The van der Waals surface area contributed by atoms with Crippen LogP contribution in [0.4, 0.5) is 5.69 Å². The van der Waals surface area contributed by atoms with Gasteiger partial charge in [-0.2, -0.15) is 0 Å². The van der Waals surface area contributed by atoms with Crippen LogP contribution in [0.15, 0.2) is 18.2 Å². The van der Waals surface area contributed by atoms with Crippen molar-refractivity contribution in [2.24, 2.45) is 0 Å². The van der Waals surface area contributed by atoms with Crippen molar-refractivity contribution >= 4 is 11.5 Å². The zero-order valence-corrected chi connectivity index (χ0v) is 12.2. The minimum absolute atomic E-state index is 0.129. The number of hydrogen-bond donors (Lipinski definition) is 0. The summed E-state index contributed by atoms with van der Waals surface area (Å²) in [5, 5.41) is 10.7. The number of rotatable bonds is 10. The van der Waals surface area contributed by atoms with Gasteiger partial charge in [0.15, 0.2) is 5.78 Å². The van der Waals surface area contributed by atoms with E-state index >= 15 is 0 Å². The lowest BCUT2D eigenvalue weighted by atomic mass is 10.1. The molecule has 1 rings (SSSR count). The molecule has 0 saturated heterocycles. The Hall–Kier alpha value is -1.99. The van der Waals surface area contributed by atoms with Gasteiger partial charge in [-0.3, -0.25) is 14.9 Å². The third-order valence-electron chi connectivity index (χ3n) is 2.68.